The number of aromatic nitrogens is 1. The summed E-state index contributed by atoms with van der Waals surface area (Å²) in [6, 6.07) is 11.4. The molecule has 4 aromatic rings. The molecule has 1 unspecified atom stereocenters. The van der Waals surface area contributed by atoms with Crippen LogP contribution in [0.3, 0.4) is 0 Å². The van der Waals surface area contributed by atoms with Crippen molar-refractivity contribution in [3.05, 3.63) is 81.8 Å². The largest absolute Gasteiger partial charge is 0.508 e. The highest BCUT2D eigenvalue weighted by molar-refractivity contribution is 7.17. The third kappa shape index (κ3) is 4.06. The number of esters is 1. The predicted octanol–water partition coefficient (Wildman–Crippen LogP) is 4.87. The first kappa shape index (κ1) is 25.0. The molecular formula is C27H22N2O8S. The molecule has 0 saturated heterocycles. The summed E-state index contributed by atoms with van der Waals surface area (Å²) < 4.78 is 16.2. The first-order chi connectivity index (χ1) is 18.2. The standard InChI is InChI=1S/C27H22N2O8S/c1-4-36-26(34)24-13(2)28-27(38-24)29-20(14-8-10-16(30)11-9-14)19(22(32)25(29)33)21(31)18-12-15-6-5-7-17(35-3)23(15)37-18/h5-12,20,30,32H,4H2,1-3H3. The van der Waals surface area contributed by atoms with E-state index in [1.807, 2.05) is 0 Å². The third-order valence-corrected chi connectivity index (χ3v) is 7.20. The Morgan fingerprint density at radius 2 is 1.89 bits per heavy atom. The molecule has 0 fully saturated rings. The number of ether oxygens (including phenoxy) is 2. The molecule has 2 N–H and O–H groups in total. The maximum absolute atomic E-state index is 13.8. The Bertz CT molecular complexity index is 1620. The lowest BCUT2D eigenvalue weighted by molar-refractivity contribution is -0.117. The van der Waals surface area contributed by atoms with Crippen LogP contribution < -0.4 is 9.64 Å². The quantitative estimate of drug-likeness (QED) is 0.251. The second kappa shape index (κ2) is 9.67. The van der Waals surface area contributed by atoms with E-state index in [2.05, 4.69) is 4.98 Å². The molecule has 0 spiro atoms. The van der Waals surface area contributed by atoms with E-state index in [1.165, 1.54) is 37.4 Å². The Kier molecular flexibility index (Phi) is 6.37. The molecule has 0 aliphatic carbocycles. The highest BCUT2D eigenvalue weighted by atomic mass is 32.1. The number of fused-ring (bicyclic) bond motifs is 1. The number of rotatable bonds is 7. The molecule has 0 saturated carbocycles. The Morgan fingerprint density at radius 1 is 1.16 bits per heavy atom. The van der Waals surface area contributed by atoms with Gasteiger partial charge >= 0.3 is 5.97 Å². The number of Topliss-reactive ketones (excluding diaryl/α,β-unsaturated/α-hetero) is 1. The molecule has 38 heavy (non-hydrogen) atoms. The van der Waals surface area contributed by atoms with Gasteiger partial charge in [0, 0.05) is 5.39 Å². The average molecular weight is 535 g/mol. The van der Waals surface area contributed by atoms with E-state index >= 15 is 0 Å². The van der Waals surface area contributed by atoms with Gasteiger partial charge in [-0.05, 0) is 43.7 Å². The number of hydrogen-bond donors (Lipinski definition) is 2. The maximum Gasteiger partial charge on any atom is 0.350 e. The number of phenols is 1. The summed E-state index contributed by atoms with van der Waals surface area (Å²) in [6.07, 6.45) is 0. The number of furan rings is 1. The van der Waals surface area contributed by atoms with Crippen LogP contribution in [0.15, 0.2) is 64.3 Å². The monoisotopic (exact) mass is 534 g/mol. The number of phenolic OH excluding ortho intramolecular Hbond substituents is 1. The molecule has 2 aromatic carbocycles. The van der Waals surface area contributed by atoms with E-state index in [1.54, 1.807) is 32.0 Å². The van der Waals surface area contributed by atoms with E-state index in [0.29, 0.717) is 28.0 Å². The summed E-state index contributed by atoms with van der Waals surface area (Å²) in [5, 5.41) is 21.5. The summed E-state index contributed by atoms with van der Waals surface area (Å²) >= 11 is 0.911. The molecule has 3 heterocycles. The topological polar surface area (TPSA) is 139 Å². The Labute approximate surface area is 220 Å². The van der Waals surface area contributed by atoms with Gasteiger partial charge in [-0.15, -0.1) is 0 Å². The summed E-state index contributed by atoms with van der Waals surface area (Å²) in [7, 11) is 1.47. The number of para-hydroxylation sites is 1. The van der Waals surface area contributed by atoms with Crippen LogP contribution in [-0.2, 0) is 9.53 Å². The van der Waals surface area contributed by atoms with Gasteiger partial charge in [0.15, 0.2) is 28.0 Å². The zero-order chi connectivity index (χ0) is 27.1. The fourth-order valence-corrected chi connectivity index (χ4v) is 5.31. The van der Waals surface area contributed by atoms with Crippen LogP contribution in [0.1, 0.15) is 44.4 Å². The zero-order valence-corrected chi connectivity index (χ0v) is 21.4. The number of carbonyl (C=O) groups is 3. The molecule has 1 atom stereocenters. The molecule has 1 amide bonds. The number of aliphatic hydroxyl groups is 1. The van der Waals surface area contributed by atoms with Crippen molar-refractivity contribution in [3.8, 4) is 11.5 Å². The number of amides is 1. The van der Waals surface area contributed by atoms with Crippen molar-refractivity contribution in [2.45, 2.75) is 19.9 Å². The smallest absolute Gasteiger partial charge is 0.350 e. The van der Waals surface area contributed by atoms with Crippen molar-refractivity contribution in [1.29, 1.82) is 0 Å². The van der Waals surface area contributed by atoms with Crippen LogP contribution in [0.5, 0.6) is 11.5 Å². The van der Waals surface area contributed by atoms with Crippen molar-refractivity contribution < 1.29 is 38.5 Å². The normalized spacial score (nSPS) is 15.4. The van der Waals surface area contributed by atoms with Gasteiger partial charge < -0.3 is 24.1 Å². The zero-order valence-electron chi connectivity index (χ0n) is 20.5. The Balaban J connectivity index is 1.64. The summed E-state index contributed by atoms with van der Waals surface area (Å²) in [6.45, 7) is 3.44. The van der Waals surface area contributed by atoms with Gasteiger partial charge in [-0.1, -0.05) is 35.6 Å². The maximum atomic E-state index is 13.8. The van der Waals surface area contributed by atoms with Gasteiger partial charge in [0.05, 0.1) is 31.0 Å². The van der Waals surface area contributed by atoms with Crippen LogP contribution in [0, 0.1) is 6.92 Å². The fourth-order valence-electron chi connectivity index (χ4n) is 4.32. The summed E-state index contributed by atoms with van der Waals surface area (Å²) in [5.41, 5.74) is 0.867. The van der Waals surface area contributed by atoms with Crippen LogP contribution in [0.4, 0.5) is 5.13 Å². The van der Waals surface area contributed by atoms with Crippen molar-refractivity contribution in [3.63, 3.8) is 0 Å². The van der Waals surface area contributed by atoms with E-state index in [4.69, 9.17) is 13.9 Å². The minimum absolute atomic E-state index is 0.0234. The molecular weight excluding hydrogens is 512 g/mol. The molecule has 194 valence electrons. The lowest BCUT2D eigenvalue weighted by atomic mass is 9.95. The van der Waals surface area contributed by atoms with Crippen molar-refractivity contribution in [2.24, 2.45) is 0 Å². The SMILES string of the molecule is CCOC(=O)c1sc(N2C(=O)C(O)=C(C(=O)c3cc4cccc(OC)c4o3)C2c2ccc(O)cc2)nc1C. The predicted molar refractivity (Wildman–Crippen MR) is 138 cm³/mol. The molecule has 0 bridgehead atoms. The Hall–Kier alpha value is -4.64. The molecule has 10 nitrogen and oxygen atoms in total. The molecule has 1 aliphatic rings. The second-order valence-electron chi connectivity index (χ2n) is 8.38. The lowest BCUT2D eigenvalue weighted by Gasteiger charge is -2.24. The first-order valence-corrected chi connectivity index (χ1v) is 12.4. The minimum atomic E-state index is -1.12. The number of aromatic hydroxyl groups is 1. The molecule has 0 radical (unpaired) electrons. The van der Waals surface area contributed by atoms with E-state index < -0.39 is 29.5 Å². The number of benzene rings is 2. The van der Waals surface area contributed by atoms with E-state index in [0.717, 1.165) is 16.2 Å². The van der Waals surface area contributed by atoms with Crippen molar-refractivity contribution in [1.82, 2.24) is 4.98 Å². The molecule has 2 aromatic heterocycles. The fraction of sp³-hybridized carbons (Fsp3) is 0.185. The number of aryl methyl sites for hydroxylation is 1. The van der Waals surface area contributed by atoms with Crippen molar-refractivity contribution >= 4 is 45.1 Å². The van der Waals surface area contributed by atoms with Gasteiger partial charge in [-0.3, -0.25) is 14.5 Å². The number of carbonyl (C=O) groups excluding carboxylic acids is 3. The highest BCUT2D eigenvalue weighted by Gasteiger charge is 2.47. The number of thiazole rings is 1. The van der Waals surface area contributed by atoms with E-state index in [9.17, 15) is 24.6 Å². The number of nitrogens with zero attached hydrogens (tertiary/aromatic N) is 2. The summed E-state index contributed by atoms with van der Waals surface area (Å²) in [5.74, 6) is -2.66. The Morgan fingerprint density at radius 3 is 2.58 bits per heavy atom. The van der Waals surface area contributed by atoms with Gasteiger partial charge in [0.25, 0.3) is 5.91 Å². The van der Waals surface area contributed by atoms with Crippen LogP contribution >= 0.6 is 11.3 Å². The van der Waals surface area contributed by atoms with Crippen molar-refractivity contribution in [2.75, 3.05) is 18.6 Å². The molecule has 5 rings (SSSR count). The number of hydrogen-bond acceptors (Lipinski definition) is 10. The number of anilines is 1. The van der Waals surface area contributed by atoms with Crippen LogP contribution in [0.25, 0.3) is 11.0 Å². The van der Waals surface area contributed by atoms with Gasteiger partial charge in [-0.25, -0.2) is 9.78 Å². The highest BCUT2D eigenvalue weighted by Crippen LogP contribution is 2.44. The lowest BCUT2D eigenvalue weighted by Crippen LogP contribution is -2.31. The number of aliphatic hydroxyl groups excluding tert-OH is 1. The second-order valence-corrected chi connectivity index (χ2v) is 9.36. The van der Waals surface area contributed by atoms with E-state index in [-0.39, 0.29) is 33.7 Å². The summed E-state index contributed by atoms with van der Waals surface area (Å²) in [4.78, 5) is 45.3. The van der Waals surface area contributed by atoms with Crippen LogP contribution in [0.2, 0.25) is 0 Å². The van der Waals surface area contributed by atoms with Gasteiger partial charge in [0.1, 0.15) is 10.6 Å². The molecule has 11 heteroatoms. The minimum Gasteiger partial charge on any atom is -0.508 e. The third-order valence-electron chi connectivity index (χ3n) is 6.07. The first-order valence-electron chi connectivity index (χ1n) is 11.6. The number of methoxy groups -OCH3 is 1. The van der Waals surface area contributed by atoms with Crippen LogP contribution in [-0.4, -0.2) is 46.6 Å². The average Bonchev–Trinajstić information content (AvgIpc) is 3.58. The van der Waals surface area contributed by atoms with Gasteiger partial charge in [-0.2, -0.15) is 0 Å². The molecule has 1 aliphatic heterocycles. The van der Waals surface area contributed by atoms with Gasteiger partial charge in [0.2, 0.25) is 5.78 Å². The number of ketones is 1.